The fraction of sp³-hybridized carbons (Fsp3) is 0.333. The molecule has 5 heteroatoms. The van der Waals surface area contributed by atoms with Crippen LogP contribution >= 0.6 is 0 Å². The molecule has 4 nitrogen and oxygen atoms in total. The Morgan fingerprint density at radius 2 is 1.77 bits per heavy atom. The number of halogens is 1. The van der Waals surface area contributed by atoms with E-state index in [0.717, 1.165) is 11.1 Å². The molecule has 0 aliphatic heterocycles. The highest BCUT2D eigenvalue weighted by Crippen LogP contribution is 2.15. The molecule has 26 heavy (non-hydrogen) atoms. The Labute approximate surface area is 154 Å². The lowest BCUT2D eigenvalue weighted by Crippen LogP contribution is -2.48. The van der Waals surface area contributed by atoms with Crippen LogP contribution in [0.4, 0.5) is 4.39 Å². The number of rotatable bonds is 7. The normalized spacial score (nSPS) is 11.7. The quantitative estimate of drug-likeness (QED) is 0.828. The van der Waals surface area contributed by atoms with Gasteiger partial charge in [-0.25, -0.2) is 4.39 Å². The summed E-state index contributed by atoms with van der Waals surface area (Å²) in [5.74, 6) is -0.847. The average Bonchev–Trinajstić information content (AvgIpc) is 2.62. The van der Waals surface area contributed by atoms with E-state index in [-0.39, 0.29) is 30.6 Å². The standard InChI is InChI=1S/C21H25FN2O2/c1-4-23-21(26)16(3)24(14-18-7-5-6-8-19(18)22)20(25)13-17-11-9-15(2)10-12-17/h5-12,16H,4,13-14H2,1-3H3,(H,23,26)/t16-/m0/s1. The minimum Gasteiger partial charge on any atom is -0.355 e. The largest absolute Gasteiger partial charge is 0.355 e. The Balaban J connectivity index is 2.23. The van der Waals surface area contributed by atoms with E-state index in [0.29, 0.717) is 12.1 Å². The van der Waals surface area contributed by atoms with Crippen molar-refractivity contribution in [3.63, 3.8) is 0 Å². The van der Waals surface area contributed by atoms with Crippen molar-refractivity contribution in [1.82, 2.24) is 10.2 Å². The van der Waals surface area contributed by atoms with Crippen LogP contribution in [0.3, 0.4) is 0 Å². The van der Waals surface area contributed by atoms with Gasteiger partial charge >= 0.3 is 0 Å². The third kappa shape index (κ3) is 5.15. The fourth-order valence-electron chi connectivity index (χ4n) is 2.70. The van der Waals surface area contributed by atoms with Gasteiger partial charge in [0.1, 0.15) is 11.9 Å². The lowest BCUT2D eigenvalue weighted by Gasteiger charge is -2.29. The lowest BCUT2D eigenvalue weighted by molar-refractivity contribution is -0.140. The van der Waals surface area contributed by atoms with E-state index in [1.165, 1.54) is 11.0 Å². The van der Waals surface area contributed by atoms with Crippen LogP contribution in [0, 0.1) is 12.7 Å². The van der Waals surface area contributed by atoms with Gasteiger partial charge in [-0.15, -0.1) is 0 Å². The molecule has 2 rings (SSSR count). The molecule has 1 atom stereocenters. The third-order valence-electron chi connectivity index (χ3n) is 4.29. The van der Waals surface area contributed by atoms with Crippen molar-refractivity contribution in [2.75, 3.05) is 6.54 Å². The molecule has 0 saturated carbocycles. The van der Waals surface area contributed by atoms with Crippen LogP contribution in [0.2, 0.25) is 0 Å². The molecule has 0 fully saturated rings. The van der Waals surface area contributed by atoms with Crippen molar-refractivity contribution >= 4 is 11.8 Å². The summed E-state index contributed by atoms with van der Waals surface area (Å²) in [5, 5.41) is 2.73. The molecule has 0 saturated heterocycles. The number of amides is 2. The van der Waals surface area contributed by atoms with Gasteiger partial charge in [0.15, 0.2) is 0 Å². The summed E-state index contributed by atoms with van der Waals surface area (Å²) in [6.07, 6.45) is 0.165. The first-order valence-corrected chi connectivity index (χ1v) is 8.78. The van der Waals surface area contributed by atoms with Crippen LogP contribution in [0.15, 0.2) is 48.5 Å². The zero-order valence-corrected chi connectivity index (χ0v) is 15.5. The number of carbonyl (C=O) groups excluding carboxylic acids is 2. The fourth-order valence-corrected chi connectivity index (χ4v) is 2.70. The van der Waals surface area contributed by atoms with Crippen molar-refractivity contribution in [3.8, 4) is 0 Å². The highest BCUT2D eigenvalue weighted by Gasteiger charge is 2.26. The molecule has 1 N–H and O–H groups in total. The smallest absolute Gasteiger partial charge is 0.242 e. The second-order valence-electron chi connectivity index (χ2n) is 6.35. The van der Waals surface area contributed by atoms with Crippen molar-refractivity contribution in [2.24, 2.45) is 0 Å². The van der Waals surface area contributed by atoms with E-state index in [9.17, 15) is 14.0 Å². The van der Waals surface area contributed by atoms with Crippen molar-refractivity contribution in [1.29, 1.82) is 0 Å². The summed E-state index contributed by atoms with van der Waals surface area (Å²) >= 11 is 0. The lowest BCUT2D eigenvalue weighted by atomic mass is 10.1. The highest BCUT2D eigenvalue weighted by atomic mass is 19.1. The topological polar surface area (TPSA) is 49.4 Å². The molecule has 0 heterocycles. The Kier molecular flexibility index (Phi) is 6.89. The predicted molar refractivity (Wildman–Crippen MR) is 100.0 cm³/mol. The van der Waals surface area contributed by atoms with E-state index < -0.39 is 6.04 Å². The second kappa shape index (κ2) is 9.13. The molecule has 0 aliphatic rings. The summed E-state index contributed by atoms with van der Waals surface area (Å²) in [6, 6.07) is 13.3. The first kappa shape index (κ1) is 19.6. The zero-order valence-electron chi connectivity index (χ0n) is 15.5. The van der Waals surface area contributed by atoms with E-state index in [1.807, 2.05) is 38.1 Å². The van der Waals surface area contributed by atoms with Crippen molar-refractivity contribution < 1.29 is 14.0 Å². The Bertz CT molecular complexity index is 759. The highest BCUT2D eigenvalue weighted by molar-refractivity contribution is 5.88. The first-order valence-electron chi connectivity index (χ1n) is 8.78. The van der Waals surface area contributed by atoms with Crippen molar-refractivity contribution in [2.45, 2.75) is 39.8 Å². The number of benzene rings is 2. The minimum atomic E-state index is -0.687. The monoisotopic (exact) mass is 356 g/mol. The van der Waals surface area contributed by atoms with E-state index >= 15 is 0 Å². The van der Waals surface area contributed by atoms with Gasteiger partial charge in [0.05, 0.1) is 6.42 Å². The van der Waals surface area contributed by atoms with Crippen molar-refractivity contribution in [3.05, 3.63) is 71.0 Å². The van der Waals surface area contributed by atoms with Gasteiger partial charge in [-0.3, -0.25) is 9.59 Å². The Morgan fingerprint density at radius 3 is 2.38 bits per heavy atom. The van der Waals surface area contributed by atoms with Gasteiger partial charge in [0.2, 0.25) is 11.8 Å². The molecule has 0 aromatic heterocycles. The summed E-state index contributed by atoms with van der Waals surface area (Å²) in [7, 11) is 0. The van der Waals surface area contributed by atoms with Gasteiger partial charge in [0.25, 0.3) is 0 Å². The van der Waals surface area contributed by atoms with Crippen LogP contribution in [0.1, 0.15) is 30.5 Å². The van der Waals surface area contributed by atoms with Gasteiger partial charge in [-0.05, 0) is 32.4 Å². The van der Waals surface area contributed by atoms with Crippen LogP contribution in [-0.4, -0.2) is 29.3 Å². The van der Waals surface area contributed by atoms with E-state index in [2.05, 4.69) is 5.32 Å². The summed E-state index contributed by atoms with van der Waals surface area (Å²) in [5.41, 5.74) is 2.36. The maximum Gasteiger partial charge on any atom is 0.242 e. The number of aryl methyl sites for hydroxylation is 1. The second-order valence-corrected chi connectivity index (χ2v) is 6.35. The van der Waals surface area contributed by atoms with Gasteiger partial charge in [-0.1, -0.05) is 48.0 Å². The van der Waals surface area contributed by atoms with Crippen LogP contribution in [0.25, 0.3) is 0 Å². The summed E-state index contributed by atoms with van der Waals surface area (Å²) in [4.78, 5) is 26.6. The molecule has 0 spiro atoms. The molecule has 2 amide bonds. The Morgan fingerprint density at radius 1 is 1.12 bits per heavy atom. The predicted octanol–water partition coefficient (Wildman–Crippen LogP) is 3.23. The van der Waals surface area contributed by atoms with Gasteiger partial charge in [0, 0.05) is 18.7 Å². The number of nitrogens with one attached hydrogen (secondary N) is 1. The molecular weight excluding hydrogens is 331 g/mol. The number of carbonyl (C=O) groups is 2. The molecule has 2 aromatic carbocycles. The zero-order chi connectivity index (χ0) is 19.1. The van der Waals surface area contributed by atoms with Gasteiger partial charge in [-0.2, -0.15) is 0 Å². The number of likely N-dealkylation sites (N-methyl/N-ethyl adjacent to an activating group) is 1. The number of hydrogen-bond donors (Lipinski definition) is 1. The van der Waals surface area contributed by atoms with E-state index in [4.69, 9.17) is 0 Å². The van der Waals surface area contributed by atoms with Crippen LogP contribution < -0.4 is 5.32 Å². The maximum atomic E-state index is 14.1. The van der Waals surface area contributed by atoms with Gasteiger partial charge < -0.3 is 10.2 Å². The molecule has 0 bridgehead atoms. The maximum absolute atomic E-state index is 14.1. The van der Waals surface area contributed by atoms with E-state index in [1.54, 1.807) is 25.1 Å². The third-order valence-corrected chi connectivity index (χ3v) is 4.29. The molecule has 2 aromatic rings. The van der Waals surface area contributed by atoms with Crippen LogP contribution in [0.5, 0.6) is 0 Å². The summed E-state index contributed by atoms with van der Waals surface area (Å²) in [6.45, 7) is 5.99. The molecule has 138 valence electrons. The molecular formula is C21H25FN2O2. The SMILES string of the molecule is CCNC(=O)[C@H](C)N(Cc1ccccc1F)C(=O)Cc1ccc(C)cc1. The molecule has 0 aliphatic carbocycles. The number of hydrogen-bond acceptors (Lipinski definition) is 2. The molecule has 0 unspecified atom stereocenters. The average molecular weight is 356 g/mol. The number of nitrogens with zero attached hydrogens (tertiary/aromatic N) is 1. The minimum absolute atomic E-state index is 0.0513. The molecule has 0 radical (unpaired) electrons. The Hall–Kier alpha value is -2.69. The first-order chi connectivity index (χ1) is 12.4. The van der Waals surface area contributed by atoms with Crippen LogP contribution in [-0.2, 0) is 22.6 Å². The summed E-state index contributed by atoms with van der Waals surface area (Å²) < 4.78 is 14.1.